The van der Waals surface area contributed by atoms with Crippen LogP contribution in [0, 0.1) is 17.3 Å². The van der Waals surface area contributed by atoms with Crippen LogP contribution in [0.15, 0.2) is 0 Å². The number of hydrogen-bond donors (Lipinski definition) is 1. The highest BCUT2D eigenvalue weighted by Gasteiger charge is 2.32. The van der Waals surface area contributed by atoms with Crippen LogP contribution >= 0.6 is 11.8 Å². The summed E-state index contributed by atoms with van der Waals surface area (Å²) >= 11 is 2.14. The van der Waals surface area contributed by atoms with Gasteiger partial charge in [-0.25, -0.2) is 0 Å². The molecule has 2 rings (SSSR count). The van der Waals surface area contributed by atoms with Gasteiger partial charge in [0, 0.05) is 17.8 Å². The lowest BCUT2D eigenvalue weighted by Crippen LogP contribution is -2.49. The summed E-state index contributed by atoms with van der Waals surface area (Å²) in [5, 5.41) is 3.96. The van der Waals surface area contributed by atoms with Gasteiger partial charge in [-0.2, -0.15) is 11.8 Å². The van der Waals surface area contributed by atoms with Gasteiger partial charge >= 0.3 is 0 Å². The fraction of sp³-hybridized carbons (Fsp3) is 1.00. The van der Waals surface area contributed by atoms with E-state index in [0.717, 1.165) is 23.9 Å². The maximum atomic E-state index is 3.96. The van der Waals surface area contributed by atoms with Gasteiger partial charge in [0.25, 0.3) is 0 Å². The second-order valence-electron chi connectivity index (χ2n) is 7.25. The molecular formula is C15H29NS. The normalized spacial score (nSPS) is 42.4. The third-order valence-corrected chi connectivity index (χ3v) is 6.12. The molecule has 0 amide bonds. The van der Waals surface area contributed by atoms with Crippen LogP contribution in [0.5, 0.6) is 0 Å². The summed E-state index contributed by atoms with van der Waals surface area (Å²) < 4.78 is 0. The zero-order chi connectivity index (χ0) is 12.5. The second kappa shape index (κ2) is 5.52. The monoisotopic (exact) mass is 255 g/mol. The van der Waals surface area contributed by atoms with Gasteiger partial charge in [0.05, 0.1) is 0 Å². The van der Waals surface area contributed by atoms with Crippen LogP contribution in [0.25, 0.3) is 0 Å². The standard InChI is InChI=1S/C15H29NS/c1-11-5-6-14(12(2)7-11)16-13-8-15(3,4)10-17-9-13/h11-14,16H,5-10H2,1-4H3. The lowest BCUT2D eigenvalue weighted by Gasteiger charge is -2.40. The van der Waals surface area contributed by atoms with E-state index in [9.17, 15) is 0 Å². The summed E-state index contributed by atoms with van der Waals surface area (Å²) in [6.07, 6.45) is 5.59. The first kappa shape index (κ1) is 13.7. The predicted molar refractivity (Wildman–Crippen MR) is 78.6 cm³/mol. The van der Waals surface area contributed by atoms with Gasteiger partial charge in [0.15, 0.2) is 0 Å². The Morgan fingerprint density at radius 3 is 2.59 bits per heavy atom. The molecule has 1 aliphatic heterocycles. The molecule has 100 valence electrons. The lowest BCUT2D eigenvalue weighted by molar-refractivity contribution is 0.199. The predicted octanol–water partition coefficient (Wildman–Crippen LogP) is 3.93. The van der Waals surface area contributed by atoms with Crippen molar-refractivity contribution in [2.24, 2.45) is 17.3 Å². The Bertz CT molecular complexity index is 251. The maximum Gasteiger partial charge on any atom is 0.0166 e. The smallest absolute Gasteiger partial charge is 0.0166 e. The van der Waals surface area contributed by atoms with Crippen molar-refractivity contribution in [3.63, 3.8) is 0 Å². The van der Waals surface area contributed by atoms with Gasteiger partial charge in [-0.15, -0.1) is 0 Å². The molecule has 0 radical (unpaired) electrons. The minimum absolute atomic E-state index is 0.534. The maximum absolute atomic E-state index is 3.96. The van der Waals surface area contributed by atoms with Gasteiger partial charge in [-0.1, -0.05) is 27.7 Å². The summed E-state index contributed by atoms with van der Waals surface area (Å²) in [5.74, 6) is 4.47. The summed E-state index contributed by atoms with van der Waals surface area (Å²) in [6.45, 7) is 9.68. The molecule has 1 saturated carbocycles. The zero-order valence-electron chi connectivity index (χ0n) is 12.0. The van der Waals surface area contributed by atoms with E-state index in [2.05, 4.69) is 44.8 Å². The highest BCUT2D eigenvalue weighted by Crippen LogP contribution is 2.35. The quantitative estimate of drug-likeness (QED) is 0.802. The minimum atomic E-state index is 0.534. The SMILES string of the molecule is CC1CCC(NC2CSCC(C)(C)C2)C(C)C1. The molecule has 4 atom stereocenters. The molecule has 1 saturated heterocycles. The molecule has 0 bridgehead atoms. The van der Waals surface area contributed by atoms with E-state index in [0.29, 0.717) is 5.41 Å². The summed E-state index contributed by atoms with van der Waals surface area (Å²) in [6, 6.07) is 1.54. The first-order chi connectivity index (χ1) is 7.96. The summed E-state index contributed by atoms with van der Waals surface area (Å²) in [5.41, 5.74) is 0.534. The number of rotatable bonds is 2. The van der Waals surface area contributed by atoms with Gasteiger partial charge in [-0.3, -0.25) is 0 Å². The highest BCUT2D eigenvalue weighted by atomic mass is 32.2. The lowest BCUT2D eigenvalue weighted by atomic mass is 9.79. The van der Waals surface area contributed by atoms with E-state index in [1.54, 1.807) is 0 Å². The first-order valence-electron chi connectivity index (χ1n) is 7.30. The Balaban J connectivity index is 1.84. The number of nitrogens with one attached hydrogen (secondary N) is 1. The fourth-order valence-corrected chi connectivity index (χ4v) is 4.87. The molecule has 17 heavy (non-hydrogen) atoms. The topological polar surface area (TPSA) is 12.0 Å². The van der Waals surface area contributed by atoms with Crippen LogP contribution in [0.3, 0.4) is 0 Å². The highest BCUT2D eigenvalue weighted by molar-refractivity contribution is 7.99. The van der Waals surface area contributed by atoms with Crippen molar-refractivity contribution in [1.82, 2.24) is 5.32 Å². The molecule has 0 aromatic rings. The Kier molecular flexibility index (Phi) is 4.46. The first-order valence-corrected chi connectivity index (χ1v) is 8.45. The van der Waals surface area contributed by atoms with E-state index in [-0.39, 0.29) is 0 Å². The largest absolute Gasteiger partial charge is 0.310 e. The molecule has 1 nitrogen and oxygen atoms in total. The number of hydrogen-bond acceptors (Lipinski definition) is 2. The van der Waals surface area contributed by atoms with Gasteiger partial charge < -0.3 is 5.32 Å². The molecule has 1 heterocycles. The molecule has 2 aliphatic rings. The third kappa shape index (κ3) is 3.89. The van der Waals surface area contributed by atoms with E-state index in [4.69, 9.17) is 0 Å². The van der Waals surface area contributed by atoms with Crippen LogP contribution in [0.2, 0.25) is 0 Å². The van der Waals surface area contributed by atoms with Crippen LogP contribution < -0.4 is 5.32 Å². The molecular weight excluding hydrogens is 226 g/mol. The molecule has 2 fully saturated rings. The summed E-state index contributed by atoms with van der Waals surface area (Å²) in [7, 11) is 0. The second-order valence-corrected chi connectivity index (χ2v) is 8.28. The third-order valence-electron chi connectivity index (χ3n) is 4.49. The van der Waals surface area contributed by atoms with Crippen molar-refractivity contribution in [1.29, 1.82) is 0 Å². The Morgan fingerprint density at radius 2 is 1.94 bits per heavy atom. The van der Waals surface area contributed by atoms with Gasteiger partial charge in [-0.05, 0) is 48.7 Å². The Morgan fingerprint density at radius 1 is 1.18 bits per heavy atom. The molecule has 4 unspecified atom stereocenters. The van der Waals surface area contributed by atoms with Crippen molar-refractivity contribution >= 4 is 11.8 Å². The van der Waals surface area contributed by atoms with E-state index < -0.39 is 0 Å². The van der Waals surface area contributed by atoms with Crippen LogP contribution in [0.4, 0.5) is 0 Å². The minimum Gasteiger partial charge on any atom is -0.310 e. The Labute approximate surface area is 112 Å². The molecule has 0 spiro atoms. The molecule has 1 aliphatic carbocycles. The Hall–Kier alpha value is 0.310. The van der Waals surface area contributed by atoms with Gasteiger partial charge in [0.2, 0.25) is 0 Å². The van der Waals surface area contributed by atoms with E-state index >= 15 is 0 Å². The average Bonchev–Trinajstić information content (AvgIpc) is 2.21. The molecule has 2 heteroatoms. The van der Waals surface area contributed by atoms with E-state index in [1.165, 1.54) is 37.2 Å². The van der Waals surface area contributed by atoms with Crippen molar-refractivity contribution in [2.75, 3.05) is 11.5 Å². The molecule has 0 aromatic carbocycles. The number of thioether (sulfide) groups is 1. The molecule has 0 aromatic heterocycles. The van der Waals surface area contributed by atoms with Crippen molar-refractivity contribution in [3.8, 4) is 0 Å². The van der Waals surface area contributed by atoms with Crippen molar-refractivity contribution in [2.45, 2.75) is 65.5 Å². The zero-order valence-corrected chi connectivity index (χ0v) is 12.8. The fourth-order valence-electron chi connectivity index (χ4n) is 3.59. The van der Waals surface area contributed by atoms with Crippen LogP contribution in [-0.4, -0.2) is 23.6 Å². The van der Waals surface area contributed by atoms with Crippen molar-refractivity contribution in [3.05, 3.63) is 0 Å². The van der Waals surface area contributed by atoms with Crippen LogP contribution in [-0.2, 0) is 0 Å². The average molecular weight is 255 g/mol. The van der Waals surface area contributed by atoms with E-state index in [1.807, 2.05) is 0 Å². The van der Waals surface area contributed by atoms with Gasteiger partial charge in [0.1, 0.15) is 0 Å². The van der Waals surface area contributed by atoms with Crippen molar-refractivity contribution < 1.29 is 0 Å². The van der Waals surface area contributed by atoms with Crippen LogP contribution in [0.1, 0.15) is 53.4 Å². The molecule has 1 N–H and O–H groups in total. The summed E-state index contributed by atoms with van der Waals surface area (Å²) in [4.78, 5) is 0.